The standard InChI is InChI=1S/C20H26F3N5O/c1-13-9-17(20(21,22)23)28-18(24-13)11-16(26-28)19(29)25-15-6-4-5-14(10-15)12-27-7-2-3-8-27/h9,11,14-15H,2-8,10,12H2,1H3,(H,25,29)/t14-,15+/m1/s1. The molecule has 6 nitrogen and oxygen atoms in total. The molecule has 0 spiro atoms. The Labute approximate surface area is 167 Å². The van der Waals surface area contributed by atoms with Crippen LogP contribution < -0.4 is 5.32 Å². The van der Waals surface area contributed by atoms with Crippen molar-refractivity contribution in [3.8, 4) is 0 Å². The minimum Gasteiger partial charge on any atom is -0.348 e. The molecule has 1 aliphatic carbocycles. The maximum absolute atomic E-state index is 13.3. The lowest BCUT2D eigenvalue weighted by atomic mass is 9.85. The molecule has 0 unspecified atom stereocenters. The largest absolute Gasteiger partial charge is 0.433 e. The van der Waals surface area contributed by atoms with Crippen LogP contribution in [0.4, 0.5) is 13.2 Å². The third kappa shape index (κ3) is 4.55. The number of nitrogens with zero attached hydrogens (tertiary/aromatic N) is 4. The van der Waals surface area contributed by atoms with E-state index in [1.807, 2.05) is 0 Å². The Morgan fingerprint density at radius 1 is 1.21 bits per heavy atom. The number of halogens is 3. The third-order valence-electron chi connectivity index (χ3n) is 5.91. The molecule has 0 radical (unpaired) electrons. The number of carbonyl (C=O) groups excluding carboxylic acids is 1. The molecule has 1 amide bonds. The van der Waals surface area contributed by atoms with Gasteiger partial charge in [0.2, 0.25) is 0 Å². The van der Waals surface area contributed by atoms with Gasteiger partial charge in [0.25, 0.3) is 5.91 Å². The minimum atomic E-state index is -4.57. The van der Waals surface area contributed by atoms with Crippen LogP contribution in [-0.4, -0.2) is 51.1 Å². The molecule has 4 rings (SSSR count). The van der Waals surface area contributed by atoms with Crippen molar-refractivity contribution < 1.29 is 18.0 Å². The Hall–Kier alpha value is -2.16. The third-order valence-corrected chi connectivity index (χ3v) is 5.91. The van der Waals surface area contributed by atoms with E-state index in [4.69, 9.17) is 0 Å². The normalized spacial score (nSPS) is 23.6. The molecule has 1 aliphatic heterocycles. The molecule has 2 atom stereocenters. The molecule has 2 aromatic rings. The van der Waals surface area contributed by atoms with Crippen molar-refractivity contribution >= 4 is 11.6 Å². The van der Waals surface area contributed by atoms with E-state index >= 15 is 0 Å². The average molecular weight is 409 g/mol. The molecule has 0 bridgehead atoms. The second-order valence-corrected chi connectivity index (χ2v) is 8.29. The molecular weight excluding hydrogens is 383 g/mol. The van der Waals surface area contributed by atoms with Gasteiger partial charge in [-0.05, 0) is 64.1 Å². The van der Waals surface area contributed by atoms with E-state index in [9.17, 15) is 18.0 Å². The first-order valence-electron chi connectivity index (χ1n) is 10.3. The van der Waals surface area contributed by atoms with E-state index in [-0.39, 0.29) is 23.1 Å². The summed E-state index contributed by atoms with van der Waals surface area (Å²) < 4.78 is 40.6. The van der Waals surface area contributed by atoms with Crippen LogP contribution in [-0.2, 0) is 6.18 Å². The SMILES string of the molecule is Cc1cc(C(F)(F)F)n2nc(C(=O)N[C@H]3CCC[C@@H](CN4CCCC4)C3)cc2n1. The molecule has 1 saturated carbocycles. The summed E-state index contributed by atoms with van der Waals surface area (Å²) in [6.07, 6.45) is 1.95. The number of alkyl halides is 3. The zero-order chi connectivity index (χ0) is 20.6. The minimum absolute atomic E-state index is 0.0260. The first-order chi connectivity index (χ1) is 13.8. The number of amides is 1. The van der Waals surface area contributed by atoms with Gasteiger partial charge in [0.05, 0.1) is 0 Å². The monoisotopic (exact) mass is 409 g/mol. The summed E-state index contributed by atoms with van der Waals surface area (Å²) in [5, 5.41) is 6.88. The number of aromatic nitrogens is 3. The van der Waals surface area contributed by atoms with E-state index in [0.29, 0.717) is 10.4 Å². The highest BCUT2D eigenvalue weighted by atomic mass is 19.4. The zero-order valence-electron chi connectivity index (χ0n) is 16.5. The van der Waals surface area contributed by atoms with Crippen molar-refractivity contribution in [2.75, 3.05) is 19.6 Å². The number of hydrogen-bond donors (Lipinski definition) is 1. The van der Waals surface area contributed by atoms with E-state index in [1.54, 1.807) is 0 Å². The van der Waals surface area contributed by atoms with E-state index in [2.05, 4.69) is 20.3 Å². The molecule has 0 aromatic carbocycles. The van der Waals surface area contributed by atoms with Gasteiger partial charge >= 0.3 is 6.18 Å². The summed E-state index contributed by atoms with van der Waals surface area (Å²) >= 11 is 0. The number of likely N-dealkylation sites (tertiary alicyclic amines) is 1. The van der Waals surface area contributed by atoms with Crippen LogP contribution in [0.2, 0.25) is 0 Å². The predicted octanol–water partition coefficient (Wildman–Crippen LogP) is 3.44. The van der Waals surface area contributed by atoms with Gasteiger partial charge in [-0.1, -0.05) is 6.42 Å². The van der Waals surface area contributed by atoms with Crippen LogP contribution in [0.5, 0.6) is 0 Å². The molecular formula is C20H26F3N5O. The molecule has 29 heavy (non-hydrogen) atoms. The van der Waals surface area contributed by atoms with Crippen LogP contribution in [0.15, 0.2) is 12.1 Å². The lowest BCUT2D eigenvalue weighted by molar-refractivity contribution is -0.142. The molecule has 2 aliphatic rings. The Morgan fingerprint density at radius 3 is 2.69 bits per heavy atom. The fourth-order valence-electron chi connectivity index (χ4n) is 4.59. The second-order valence-electron chi connectivity index (χ2n) is 8.29. The van der Waals surface area contributed by atoms with Crippen molar-refractivity contribution in [1.82, 2.24) is 24.8 Å². The van der Waals surface area contributed by atoms with Gasteiger partial charge in [0.1, 0.15) is 5.69 Å². The topological polar surface area (TPSA) is 62.5 Å². The number of aryl methyl sites for hydroxylation is 1. The van der Waals surface area contributed by atoms with Crippen LogP contribution in [0.25, 0.3) is 5.65 Å². The first-order valence-corrected chi connectivity index (χ1v) is 10.3. The second kappa shape index (κ2) is 7.93. The number of nitrogens with one attached hydrogen (secondary N) is 1. The average Bonchev–Trinajstić information content (AvgIpc) is 3.30. The van der Waals surface area contributed by atoms with Gasteiger partial charge in [-0.25, -0.2) is 9.50 Å². The maximum Gasteiger partial charge on any atom is 0.433 e. The summed E-state index contributed by atoms with van der Waals surface area (Å²) in [5.74, 6) is 0.113. The maximum atomic E-state index is 13.3. The summed E-state index contributed by atoms with van der Waals surface area (Å²) in [6, 6.07) is 2.29. The fourth-order valence-corrected chi connectivity index (χ4v) is 4.59. The quantitative estimate of drug-likeness (QED) is 0.840. The first kappa shape index (κ1) is 20.1. The van der Waals surface area contributed by atoms with Crippen LogP contribution in [0.3, 0.4) is 0 Å². The van der Waals surface area contributed by atoms with Gasteiger partial charge in [-0.2, -0.15) is 18.3 Å². The summed E-state index contributed by atoms with van der Waals surface area (Å²) in [7, 11) is 0. The highest BCUT2D eigenvalue weighted by Crippen LogP contribution is 2.30. The summed E-state index contributed by atoms with van der Waals surface area (Å²) in [5.41, 5.74) is -0.704. The number of fused-ring (bicyclic) bond motifs is 1. The van der Waals surface area contributed by atoms with Crippen molar-refractivity contribution in [2.45, 2.75) is 57.7 Å². The van der Waals surface area contributed by atoms with Gasteiger partial charge in [0.15, 0.2) is 11.3 Å². The predicted molar refractivity (Wildman–Crippen MR) is 102 cm³/mol. The van der Waals surface area contributed by atoms with Crippen LogP contribution in [0.1, 0.15) is 60.4 Å². The van der Waals surface area contributed by atoms with Crippen LogP contribution in [0, 0.1) is 12.8 Å². The van der Waals surface area contributed by atoms with E-state index < -0.39 is 17.8 Å². The number of rotatable bonds is 4. The Morgan fingerprint density at radius 2 is 1.97 bits per heavy atom. The zero-order valence-corrected chi connectivity index (χ0v) is 16.5. The number of carbonyl (C=O) groups is 1. The molecule has 1 saturated heterocycles. The lowest BCUT2D eigenvalue weighted by Gasteiger charge is -2.32. The highest BCUT2D eigenvalue weighted by Gasteiger charge is 2.35. The summed E-state index contributed by atoms with van der Waals surface area (Å²) in [6.45, 7) is 4.87. The van der Waals surface area contributed by atoms with Crippen LogP contribution >= 0.6 is 0 Å². The van der Waals surface area contributed by atoms with E-state index in [1.165, 1.54) is 25.8 Å². The Balaban J connectivity index is 1.46. The van der Waals surface area contributed by atoms with Crippen molar-refractivity contribution in [3.05, 3.63) is 29.2 Å². The van der Waals surface area contributed by atoms with Gasteiger partial charge < -0.3 is 10.2 Å². The summed E-state index contributed by atoms with van der Waals surface area (Å²) in [4.78, 5) is 19.2. The van der Waals surface area contributed by atoms with Gasteiger partial charge in [-0.15, -0.1) is 0 Å². The fraction of sp³-hybridized carbons (Fsp3) is 0.650. The smallest absolute Gasteiger partial charge is 0.348 e. The molecule has 9 heteroatoms. The van der Waals surface area contributed by atoms with Crippen molar-refractivity contribution in [3.63, 3.8) is 0 Å². The molecule has 2 aromatic heterocycles. The molecule has 2 fully saturated rings. The van der Waals surface area contributed by atoms with Crippen molar-refractivity contribution in [1.29, 1.82) is 0 Å². The van der Waals surface area contributed by atoms with Crippen molar-refractivity contribution in [2.24, 2.45) is 5.92 Å². The van der Waals surface area contributed by atoms with Gasteiger partial charge in [0, 0.05) is 24.3 Å². The molecule has 3 heterocycles. The molecule has 1 N–H and O–H groups in total. The molecule has 158 valence electrons. The Kier molecular flexibility index (Phi) is 5.50. The lowest BCUT2D eigenvalue weighted by Crippen LogP contribution is -2.41. The van der Waals surface area contributed by atoms with Gasteiger partial charge in [-0.3, -0.25) is 4.79 Å². The number of hydrogen-bond acceptors (Lipinski definition) is 4. The Bertz CT molecular complexity index is 888. The van der Waals surface area contributed by atoms with E-state index in [0.717, 1.165) is 51.4 Å². The highest BCUT2D eigenvalue weighted by molar-refractivity contribution is 5.93.